The van der Waals surface area contributed by atoms with E-state index < -0.39 is 5.97 Å². The van der Waals surface area contributed by atoms with Crippen molar-refractivity contribution in [2.24, 2.45) is 5.92 Å². The first kappa shape index (κ1) is 21.0. The maximum Gasteiger partial charge on any atom is 0.317 e. The number of fused-ring (bicyclic) bond motifs is 1. The summed E-state index contributed by atoms with van der Waals surface area (Å²) >= 11 is 0. The summed E-state index contributed by atoms with van der Waals surface area (Å²) in [4.78, 5) is 25.2. The molecule has 7 nitrogen and oxygen atoms in total. The predicted octanol–water partition coefficient (Wildman–Crippen LogP) is 2.46. The minimum absolute atomic E-state index is 0.0634. The zero-order valence-corrected chi connectivity index (χ0v) is 16.4. The normalized spacial score (nSPS) is 14.7. The molecular formula is C20H30N2O5. The van der Waals surface area contributed by atoms with Gasteiger partial charge in [0, 0.05) is 6.42 Å². The number of amides is 1. The number of carboxylic acid groups (broad SMARTS) is 1. The molecule has 1 atom stereocenters. The van der Waals surface area contributed by atoms with Gasteiger partial charge in [0.05, 0.1) is 32.3 Å². The van der Waals surface area contributed by atoms with Gasteiger partial charge in [0.1, 0.15) is 0 Å². The van der Waals surface area contributed by atoms with Crippen LogP contribution in [-0.4, -0.2) is 54.7 Å². The van der Waals surface area contributed by atoms with Crippen LogP contribution in [0.3, 0.4) is 0 Å². The average molecular weight is 378 g/mol. The number of carbonyl (C=O) groups excluding carboxylic acids is 1. The third-order valence-corrected chi connectivity index (χ3v) is 4.38. The highest BCUT2D eigenvalue weighted by molar-refractivity contribution is 5.79. The third kappa shape index (κ3) is 6.43. The molecule has 0 bridgehead atoms. The van der Waals surface area contributed by atoms with Gasteiger partial charge >= 0.3 is 5.97 Å². The minimum Gasteiger partial charge on any atom is -0.490 e. The Kier molecular flexibility index (Phi) is 7.91. The van der Waals surface area contributed by atoms with E-state index in [-0.39, 0.29) is 31.0 Å². The van der Waals surface area contributed by atoms with Gasteiger partial charge in [-0.25, -0.2) is 0 Å². The Bertz CT molecular complexity index is 647. The van der Waals surface area contributed by atoms with Gasteiger partial charge in [0.25, 0.3) is 0 Å². The number of nitrogens with zero attached hydrogens (tertiary/aromatic N) is 1. The standard InChI is InChI=1S/C20H30N2O5/c1-4-8-22(13-19(24)25)12-18(23)21-20(14(2)3)15-6-7-16-17(11-15)27-10-5-9-26-16/h6-7,11,14,20H,4-5,8-10,12-13H2,1-3H3,(H,21,23)(H,24,25). The highest BCUT2D eigenvalue weighted by Gasteiger charge is 2.22. The van der Waals surface area contributed by atoms with E-state index in [1.165, 1.54) is 0 Å². The molecule has 0 fully saturated rings. The second-order valence-corrected chi connectivity index (χ2v) is 7.15. The zero-order valence-electron chi connectivity index (χ0n) is 16.4. The lowest BCUT2D eigenvalue weighted by molar-refractivity contribution is -0.138. The molecule has 1 amide bonds. The van der Waals surface area contributed by atoms with Gasteiger partial charge in [-0.2, -0.15) is 0 Å². The first-order chi connectivity index (χ1) is 12.9. The molecule has 1 aromatic carbocycles. The van der Waals surface area contributed by atoms with Gasteiger partial charge in [-0.15, -0.1) is 0 Å². The van der Waals surface area contributed by atoms with Crippen LogP contribution in [0.15, 0.2) is 18.2 Å². The topological polar surface area (TPSA) is 88.1 Å². The van der Waals surface area contributed by atoms with Crippen LogP contribution in [0.25, 0.3) is 0 Å². The van der Waals surface area contributed by atoms with E-state index in [0.29, 0.717) is 25.5 Å². The monoisotopic (exact) mass is 378 g/mol. The first-order valence-electron chi connectivity index (χ1n) is 9.53. The van der Waals surface area contributed by atoms with Gasteiger partial charge in [-0.3, -0.25) is 14.5 Å². The second-order valence-electron chi connectivity index (χ2n) is 7.15. The number of benzene rings is 1. The summed E-state index contributed by atoms with van der Waals surface area (Å²) in [6.45, 7) is 7.76. The number of ether oxygens (including phenoxy) is 2. The summed E-state index contributed by atoms with van der Waals surface area (Å²) in [6.07, 6.45) is 1.63. The van der Waals surface area contributed by atoms with Crippen LogP contribution in [0.2, 0.25) is 0 Å². The first-order valence-corrected chi connectivity index (χ1v) is 9.53. The molecule has 0 saturated carbocycles. The van der Waals surface area contributed by atoms with Crippen LogP contribution in [0.4, 0.5) is 0 Å². The van der Waals surface area contributed by atoms with Gasteiger partial charge in [-0.05, 0) is 36.6 Å². The number of aliphatic carboxylic acids is 1. The molecule has 0 radical (unpaired) electrons. The number of rotatable bonds is 9. The molecular weight excluding hydrogens is 348 g/mol. The summed E-state index contributed by atoms with van der Waals surface area (Å²) in [7, 11) is 0. The fourth-order valence-corrected chi connectivity index (χ4v) is 3.15. The van der Waals surface area contributed by atoms with Crippen molar-refractivity contribution < 1.29 is 24.2 Å². The molecule has 0 aromatic heterocycles. The minimum atomic E-state index is -0.931. The number of hydrogen-bond acceptors (Lipinski definition) is 5. The van der Waals surface area contributed by atoms with Crippen LogP contribution in [0.1, 0.15) is 45.2 Å². The van der Waals surface area contributed by atoms with Gasteiger partial charge in [0.15, 0.2) is 11.5 Å². The molecule has 1 aliphatic rings. The molecule has 0 spiro atoms. The predicted molar refractivity (Wildman–Crippen MR) is 102 cm³/mol. The average Bonchev–Trinajstić information content (AvgIpc) is 2.83. The SMILES string of the molecule is CCCN(CC(=O)O)CC(=O)NC(c1ccc2c(c1)OCCCO2)C(C)C. The summed E-state index contributed by atoms with van der Waals surface area (Å²) in [6, 6.07) is 5.56. The Hall–Kier alpha value is -2.28. The van der Waals surface area contributed by atoms with Crippen molar-refractivity contribution >= 4 is 11.9 Å². The summed E-state index contributed by atoms with van der Waals surface area (Å²) in [5.41, 5.74) is 0.947. The van der Waals surface area contributed by atoms with E-state index in [9.17, 15) is 9.59 Å². The lowest BCUT2D eigenvalue weighted by atomic mass is 9.95. The van der Waals surface area contributed by atoms with E-state index in [4.69, 9.17) is 14.6 Å². The van der Waals surface area contributed by atoms with Crippen LogP contribution in [0, 0.1) is 5.92 Å². The molecule has 0 saturated heterocycles. The van der Waals surface area contributed by atoms with E-state index in [2.05, 4.69) is 5.32 Å². The highest BCUT2D eigenvalue weighted by Crippen LogP contribution is 2.34. The Balaban J connectivity index is 2.09. The largest absolute Gasteiger partial charge is 0.490 e. The molecule has 27 heavy (non-hydrogen) atoms. The molecule has 1 unspecified atom stereocenters. The Labute approximate surface area is 160 Å². The summed E-state index contributed by atoms with van der Waals surface area (Å²) in [5, 5.41) is 12.1. The van der Waals surface area contributed by atoms with Crippen molar-refractivity contribution in [2.75, 3.05) is 32.8 Å². The van der Waals surface area contributed by atoms with Crippen LogP contribution < -0.4 is 14.8 Å². The number of carbonyl (C=O) groups is 2. The molecule has 150 valence electrons. The molecule has 1 heterocycles. The molecule has 0 aliphatic carbocycles. The van der Waals surface area contributed by atoms with Crippen molar-refractivity contribution in [3.8, 4) is 11.5 Å². The Morgan fingerprint density at radius 1 is 1.19 bits per heavy atom. The highest BCUT2D eigenvalue weighted by atomic mass is 16.5. The smallest absolute Gasteiger partial charge is 0.317 e. The molecule has 2 rings (SSSR count). The van der Waals surface area contributed by atoms with Crippen molar-refractivity contribution in [1.82, 2.24) is 10.2 Å². The molecule has 2 N–H and O–H groups in total. The van der Waals surface area contributed by atoms with Crippen molar-refractivity contribution in [3.63, 3.8) is 0 Å². The zero-order chi connectivity index (χ0) is 19.8. The fourth-order valence-electron chi connectivity index (χ4n) is 3.15. The molecule has 1 aromatic rings. The Morgan fingerprint density at radius 3 is 2.52 bits per heavy atom. The van der Waals surface area contributed by atoms with Crippen molar-refractivity contribution in [1.29, 1.82) is 0 Å². The number of carboxylic acids is 1. The number of nitrogens with one attached hydrogen (secondary N) is 1. The van der Waals surface area contributed by atoms with Crippen molar-refractivity contribution in [3.05, 3.63) is 23.8 Å². The van der Waals surface area contributed by atoms with Crippen LogP contribution in [0.5, 0.6) is 11.5 Å². The van der Waals surface area contributed by atoms with Gasteiger partial charge < -0.3 is 19.9 Å². The van der Waals surface area contributed by atoms with Crippen LogP contribution in [-0.2, 0) is 9.59 Å². The van der Waals surface area contributed by atoms with E-state index in [1.54, 1.807) is 4.90 Å². The number of hydrogen-bond donors (Lipinski definition) is 2. The van der Waals surface area contributed by atoms with E-state index in [0.717, 1.165) is 24.2 Å². The quantitative estimate of drug-likeness (QED) is 0.686. The van der Waals surface area contributed by atoms with Gasteiger partial charge in [-0.1, -0.05) is 26.8 Å². The fraction of sp³-hybridized carbons (Fsp3) is 0.600. The maximum absolute atomic E-state index is 12.5. The van der Waals surface area contributed by atoms with E-state index in [1.807, 2.05) is 39.0 Å². The second kappa shape index (κ2) is 10.2. The van der Waals surface area contributed by atoms with Crippen molar-refractivity contribution in [2.45, 2.75) is 39.7 Å². The van der Waals surface area contributed by atoms with E-state index >= 15 is 0 Å². The third-order valence-electron chi connectivity index (χ3n) is 4.38. The molecule has 1 aliphatic heterocycles. The Morgan fingerprint density at radius 2 is 1.89 bits per heavy atom. The lowest BCUT2D eigenvalue weighted by Gasteiger charge is -2.26. The summed E-state index contributed by atoms with van der Waals surface area (Å²) < 4.78 is 11.4. The maximum atomic E-state index is 12.5. The summed E-state index contributed by atoms with van der Waals surface area (Å²) in [5.74, 6) is 0.469. The van der Waals surface area contributed by atoms with Crippen LogP contribution >= 0.6 is 0 Å². The lowest BCUT2D eigenvalue weighted by Crippen LogP contribution is -2.42. The van der Waals surface area contributed by atoms with Gasteiger partial charge in [0.2, 0.25) is 5.91 Å². The molecule has 7 heteroatoms.